The van der Waals surface area contributed by atoms with Crippen LogP contribution in [0.5, 0.6) is 0 Å². The fourth-order valence-corrected chi connectivity index (χ4v) is 1.75. The first-order valence-corrected chi connectivity index (χ1v) is 5.91. The first-order valence-electron chi connectivity index (χ1n) is 5.91. The second kappa shape index (κ2) is 5.64. The Balaban J connectivity index is 1.91. The van der Waals surface area contributed by atoms with E-state index in [4.69, 9.17) is 0 Å². The predicted molar refractivity (Wildman–Crippen MR) is 58.9 cm³/mol. The first kappa shape index (κ1) is 11.0. The quantitative estimate of drug-likeness (QED) is 0.586. The van der Waals surface area contributed by atoms with Crippen LogP contribution >= 0.6 is 0 Å². The number of rotatable bonds is 7. The lowest BCUT2D eigenvalue weighted by atomic mass is 10.0. The van der Waals surface area contributed by atoms with Crippen molar-refractivity contribution in [3.8, 4) is 0 Å². The molecule has 0 aromatic rings. The summed E-state index contributed by atoms with van der Waals surface area (Å²) < 4.78 is 0. The minimum atomic E-state index is 0.925. The highest BCUT2D eigenvalue weighted by Gasteiger charge is 2.22. The molecule has 0 aliphatic heterocycles. The number of hydrogen-bond acceptors (Lipinski definition) is 1. The van der Waals surface area contributed by atoms with E-state index in [9.17, 15) is 0 Å². The van der Waals surface area contributed by atoms with Gasteiger partial charge in [0.05, 0.1) is 0 Å². The van der Waals surface area contributed by atoms with E-state index >= 15 is 0 Å². The number of hydrogen-bond donors (Lipinski definition) is 0. The van der Waals surface area contributed by atoms with Crippen molar-refractivity contribution in [3.05, 3.63) is 0 Å². The summed E-state index contributed by atoms with van der Waals surface area (Å²) in [7, 11) is 2.27. The van der Waals surface area contributed by atoms with Gasteiger partial charge in [0.25, 0.3) is 0 Å². The van der Waals surface area contributed by atoms with Gasteiger partial charge in [-0.1, -0.05) is 20.3 Å². The standard InChI is InChI=1S/C12H25N/c1-4-11(2)6-5-9-13(3)10-12-7-8-12/h11-12H,4-10H2,1-3H3. The van der Waals surface area contributed by atoms with E-state index in [1.807, 2.05) is 0 Å². The van der Waals surface area contributed by atoms with Crippen LogP contribution in [-0.2, 0) is 0 Å². The second-order valence-corrected chi connectivity index (χ2v) is 4.86. The molecule has 1 heteroatoms. The van der Waals surface area contributed by atoms with Crippen LogP contribution in [0.25, 0.3) is 0 Å². The van der Waals surface area contributed by atoms with Crippen LogP contribution in [0.1, 0.15) is 46.0 Å². The monoisotopic (exact) mass is 183 g/mol. The molecule has 13 heavy (non-hydrogen) atoms. The van der Waals surface area contributed by atoms with Crippen molar-refractivity contribution in [3.63, 3.8) is 0 Å². The topological polar surface area (TPSA) is 3.24 Å². The maximum Gasteiger partial charge on any atom is 0.000661 e. The fourth-order valence-electron chi connectivity index (χ4n) is 1.75. The SMILES string of the molecule is CCC(C)CCCN(C)CC1CC1. The number of nitrogens with zero attached hydrogens (tertiary/aromatic N) is 1. The van der Waals surface area contributed by atoms with E-state index in [-0.39, 0.29) is 0 Å². The van der Waals surface area contributed by atoms with Gasteiger partial charge in [-0.3, -0.25) is 0 Å². The molecule has 0 N–H and O–H groups in total. The normalized spacial score (nSPS) is 19.4. The Bertz CT molecular complexity index is 129. The van der Waals surface area contributed by atoms with E-state index in [2.05, 4.69) is 25.8 Å². The fraction of sp³-hybridized carbons (Fsp3) is 1.00. The summed E-state index contributed by atoms with van der Waals surface area (Å²) in [5, 5.41) is 0. The molecule has 78 valence electrons. The molecular weight excluding hydrogens is 158 g/mol. The van der Waals surface area contributed by atoms with Gasteiger partial charge in [-0.15, -0.1) is 0 Å². The van der Waals surface area contributed by atoms with Gasteiger partial charge in [0.1, 0.15) is 0 Å². The van der Waals surface area contributed by atoms with Gasteiger partial charge in [0.2, 0.25) is 0 Å². The van der Waals surface area contributed by atoms with Gasteiger partial charge in [0, 0.05) is 6.54 Å². The average molecular weight is 183 g/mol. The molecule has 0 radical (unpaired) electrons. The van der Waals surface area contributed by atoms with E-state index in [1.54, 1.807) is 0 Å². The molecule has 1 nitrogen and oxygen atoms in total. The minimum Gasteiger partial charge on any atom is -0.306 e. The van der Waals surface area contributed by atoms with Gasteiger partial charge in [-0.25, -0.2) is 0 Å². The van der Waals surface area contributed by atoms with Crippen molar-refractivity contribution < 1.29 is 0 Å². The van der Waals surface area contributed by atoms with Crippen molar-refractivity contribution in [2.75, 3.05) is 20.1 Å². The highest BCUT2D eigenvalue weighted by Crippen LogP contribution is 2.29. The molecule has 0 aromatic carbocycles. The maximum atomic E-state index is 2.51. The maximum absolute atomic E-state index is 2.51. The summed E-state index contributed by atoms with van der Waals surface area (Å²) in [4.78, 5) is 2.51. The van der Waals surface area contributed by atoms with Crippen molar-refractivity contribution in [2.45, 2.75) is 46.0 Å². The zero-order chi connectivity index (χ0) is 9.68. The molecular formula is C12H25N. The molecule has 1 atom stereocenters. The highest BCUT2D eigenvalue weighted by atomic mass is 15.1. The largest absolute Gasteiger partial charge is 0.306 e. The molecule has 1 aliphatic rings. The zero-order valence-electron chi connectivity index (χ0n) is 9.55. The Morgan fingerprint density at radius 2 is 2.08 bits per heavy atom. The van der Waals surface area contributed by atoms with Crippen LogP contribution in [0.3, 0.4) is 0 Å². The summed E-state index contributed by atoms with van der Waals surface area (Å²) >= 11 is 0. The molecule has 0 spiro atoms. The third-order valence-corrected chi connectivity index (χ3v) is 3.20. The zero-order valence-corrected chi connectivity index (χ0v) is 9.55. The average Bonchev–Trinajstić information content (AvgIpc) is 2.88. The Hall–Kier alpha value is -0.0400. The highest BCUT2D eigenvalue weighted by molar-refractivity contribution is 4.75. The lowest BCUT2D eigenvalue weighted by molar-refractivity contribution is 0.302. The van der Waals surface area contributed by atoms with Crippen LogP contribution in [0.4, 0.5) is 0 Å². The summed E-state index contributed by atoms with van der Waals surface area (Å²) in [5.41, 5.74) is 0. The summed E-state index contributed by atoms with van der Waals surface area (Å²) in [6.45, 7) is 7.31. The molecule has 0 aromatic heterocycles. The molecule has 0 heterocycles. The smallest absolute Gasteiger partial charge is 0.000661 e. The molecule has 1 rings (SSSR count). The molecule has 1 unspecified atom stereocenters. The van der Waals surface area contributed by atoms with Crippen LogP contribution in [0, 0.1) is 11.8 Å². The van der Waals surface area contributed by atoms with Gasteiger partial charge in [0.15, 0.2) is 0 Å². The van der Waals surface area contributed by atoms with E-state index in [0.29, 0.717) is 0 Å². The molecule has 1 fully saturated rings. The van der Waals surface area contributed by atoms with Gasteiger partial charge < -0.3 is 4.90 Å². The summed E-state index contributed by atoms with van der Waals surface area (Å²) in [6, 6.07) is 0. The van der Waals surface area contributed by atoms with Crippen molar-refractivity contribution in [1.29, 1.82) is 0 Å². The Morgan fingerprint density at radius 1 is 1.38 bits per heavy atom. The van der Waals surface area contributed by atoms with Crippen LogP contribution in [0.15, 0.2) is 0 Å². The van der Waals surface area contributed by atoms with Gasteiger partial charge >= 0.3 is 0 Å². The minimum absolute atomic E-state index is 0.925. The van der Waals surface area contributed by atoms with Crippen LogP contribution in [-0.4, -0.2) is 25.0 Å². The Morgan fingerprint density at radius 3 is 2.62 bits per heavy atom. The van der Waals surface area contributed by atoms with Crippen molar-refractivity contribution >= 4 is 0 Å². The van der Waals surface area contributed by atoms with E-state index in [1.165, 1.54) is 45.2 Å². The second-order valence-electron chi connectivity index (χ2n) is 4.86. The van der Waals surface area contributed by atoms with Crippen LogP contribution in [0.2, 0.25) is 0 Å². The van der Waals surface area contributed by atoms with Crippen LogP contribution < -0.4 is 0 Å². The van der Waals surface area contributed by atoms with Gasteiger partial charge in [-0.2, -0.15) is 0 Å². The summed E-state index contributed by atoms with van der Waals surface area (Å²) in [5.74, 6) is 1.97. The third-order valence-electron chi connectivity index (χ3n) is 3.20. The third kappa shape index (κ3) is 5.30. The molecule has 0 bridgehead atoms. The molecule has 0 amide bonds. The molecule has 1 aliphatic carbocycles. The van der Waals surface area contributed by atoms with Crippen molar-refractivity contribution in [1.82, 2.24) is 4.90 Å². The first-order chi connectivity index (χ1) is 6.22. The molecule has 1 saturated carbocycles. The molecule has 0 saturated heterocycles. The lowest BCUT2D eigenvalue weighted by Gasteiger charge is -2.17. The van der Waals surface area contributed by atoms with E-state index in [0.717, 1.165) is 11.8 Å². The van der Waals surface area contributed by atoms with Gasteiger partial charge in [-0.05, 0) is 51.1 Å². The predicted octanol–water partition coefficient (Wildman–Crippen LogP) is 3.15. The van der Waals surface area contributed by atoms with Crippen molar-refractivity contribution in [2.24, 2.45) is 11.8 Å². The lowest BCUT2D eigenvalue weighted by Crippen LogP contribution is -2.22. The Labute approximate surface area is 83.5 Å². The van der Waals surface area contributed by atoms with E-state index < -0.39 is 0 Å². The summed E-state index contributed by atoms with van der Waals surface area (Å²) in [6.07, 6.45) is 7.10. The Kier molecular flexibility index (Phi) is 4.79.